The summed E-state index contributed by atoms with van der Waals surface area (Å²) in [4.78, 5) is 62.4. The second kappa shape index (κ2) is 12.5. The minimum Gasteiger partial charge on any atom is -0.481 e. The fourth-order valence-corrected chi connectivity index (χ4v) is 3.28. The number of H-pyrrole nitrogens is 1. The Kier molecular flexibility index (Phi) is 9.73. The van der Waals surface area contributed by atoms with Gasteiger partial charge in [-0.15, -0.1) is 0 Å². The van der Waals surface area contributed by atoms with Gasteiger partial charge in [0, 0.05) is 29.9 Å². The number of para-hydroxylation sites is 1. The Morgan fingerprint density at radius 3 is 2.26 bits per heavy atom. The molecule has 35 heavy (non-hydrogen) atoms. The van der Waals surface area contributed by atoms with Crippen LogP contribution in [0.5, 0.6) is 0 Å². The second-order valence-corrected chi connectivity index (χ2v) is 7.98. The molecule has 1 aromatic heterocycles. The first-order chi connectivity index (χ1) is 16.5. The van der Waals surface area contributed by atoms with Gasteiger partial charge in [-0.05, 0) is 25.0 Å². The number of carbonyl (C=O) groups excluding carboxylic acids is 3. The molecular weight excluding hydrogens is 462 g/mol. The third-order valence-electron chi connectivity index (χ3n) is 5.29. The molecule has 0 bridgehead atoms. The van der Waals surface area contributed by atoms with E-state index in [2.05, 4.69) is 20.9 Å². The summed E-state index contributed by atoms with van der Waals surface area (Å²) in [5.41, 5.74) is 7.06. The molecule has 1 aromatic carbocycles. The highest BCUT2D eigenvalue weighted by atomic mass is 16.4. The number of benzene rings is 1. The van der Waals surface area contributed by atoms with Crippen molar-refractivity contribution in [2.24, 2.45) is 5.73 Å². The van der Waals surface area contributed by atoms with Crippen LogP contribution in [-0.4, -0.2) is 80.7 Å². The number of aliphatic hydroxyl groups is 1. The number of rotatable bonds is 13. The second-order valence-electron chi connectivity index (χ2n) is 7.98. The number of carboxylic acid groups (broad SMARTS) is 2. The molecule has 2 rings (SSSR count). The van der Waals surface area contributed by atoms with E-state index in [1.807, 2.05) is 18.2 Å². The molecule has 13 nitrogen and oxygen atoms in total. The molecule has 190 valence electrons. The molecule has 1 heterocycles. The van der Waals surface area contributed by atoms with E-state index in [1.54, 1.807) is 12.3 Å². The van der Waals surface area contributed by atoms with Crippen LogP contribution in [-0.2, 0) is 30.4 Å². The number of carbonyl (C=O) groups is 5. The summed E-state index contributed by atoms with van der Waals surface area (Å²) in [6.07, 6.45) is 1.14. The molecule has 4 atom stereocenters. The van der Waals surface area contributed by atoms with Crippen LogP contribution in [0.2, 0.25) is 0 Å². The summed E-state index contributed by atoms with van der Waals surface area (Å²) in [5, 5.41) is 35.5. The normalized spacial score (nSPS) is 14.4. The Morgan fingerprint density at radius 2 is 1.63 bits per heavy atom. The number of aliphatic hydroxyl groups excluding tert-OH is 1. The average molecular weight is 492 g/mol. The predicted octanol–water partition coefficient (Wildman–Crippen LogP) is -1.55. The van der Waals surface area contributed by atoms with Gasteiger partial charge in [0.05, 0.1) is 12.6 Å². The van der Waals surface area contributed by atoms with E-state index in [1.165, 1.54) is 6.92 Å². The number of carboxylic acids is 2. The van der Waals surface area contributed by atoms with E-state index < -0.39 is 60.4 Å². The van der Waals surface area contributed by atoms with Crippen LogP contribution in [0.1, 0.15) is 25.3 Å². The Morgan fingerprint density at radius 1 is 0.971 bits per heavy atom. The van der Waals surface area contributed by atoms with Gasteiger partial charge in [-0.3, -0.25) is 19.2 Å². The summed E-state index contributed by atoms with van der Waals surface area (Å²) in [7, 11) is 0. The van der Waals surface area contributed by atoms with Gasteiger partial charge in [-0.2, -0.15) is 0 Å². The van der Waals surface area contributed by atoms with Crippen molar-refractivity contribution in [1.82, 2.24) is 20.9 Å². The molecule has 9 N–H and O–H groups in total. The van der Waals surface area contributed by atoms with Crippen molar-refractivity contribution in [3.05, 3.63) is 36.0 Å². The van der Waals surface area contributed by atoms with Gasteiger partial charge in [0.25, 0.3) is 0 Å². The molecule has 4 unspecified atom stereocenters. The third kappa shape index (κ3) is 7.79. The minimum atomic E-state index is -1.48. The number of hydrogen-bond acceptors (Lipinski definition) is 7. The lowest BCUT2D eigenvalue weighted by Gasteiger charge is -2.22. The fourth-order valence-electron chi connectivity index (χ4n) is 3.28. The van der Waals surface area contributed by atoms with Gasteiger partial charge in [0.15, 0.2) is 0 Å². The summed E-state index contributed by atoms with van der Waals surface area (Å²) >= 11 is 0. The fraction of sp³-hybridized carbons (Fsp3) is 0.409. The first-order valence-electron chi connectivity index (χ1n) is 10.8. The summed E-state index contributed by atoms with van der Waals surface area (Å²) < 4.78 is 0. The Balaban J connectivity index is 1.97. The lowest BCUT2D eigenvalue weighted by molar-refractivity contribution is -0.142. The standard InChI is InChI=1S/C22H29N5O8/c1-11(25-20(32)14(23)6-7-18(29)30)19(31)27-17(10-28)21(33)26-16(22(34)35)8-12-9-24-15-5-3-2-4-13(12)15/h2-5,9,11,14,16-17,24,28H,6-8,10,23H2,1H3,(H,25,32)(H,26,33)(H,27,31)(H,29,30)(H,34,35). The van der Waals surface area contributed by atoms with Crippen molar-refractivity contribution in [2.45, 2.75) is 50.4 Å². The summed E-state index contributed by atoms with van der Waals surface area (Å²) in [5.74, 6) is -4.95. The highest BCUT2D eigenvalue weighted by Crippen LogP contribution is 2.19. The maximum absolute atomic E-state index is 12.6. The maximum atomic E-state index is 12.6. The number of nitrogens with one attached hydrogen (secondary N) is 4. The molecule has 0 spiro atoms. The lowest BCUT2D eigenvalue weighted by atomic mass is 10.0. The smallest absolute Gasteiger partial charge is 0.326 e. The molecule has 3 amide bonds. The van der Waals surface area contributed by atoms with Gasteiger partial charge in [0.1, 0.15) is 18.1 Å². The molecule has 0 aliphatic rings. The van der Waals surface area contributed by atoms with E-state index >= 15 is 0 Å². The van der Waals surface area contributed by atoms with Crippen molar-refractivity contribution in [2.75, 3.05) is 6.61 Å². The number of aliphatic carboxylic acids is 2. The first-order valence-corrected chi connectivity index (χ1v) is 10.8. The van der Waals surface area contributed by atoms with Crippen LogP contribution in [0.3, 0.4) is 0 Å². The molecule has 0 fully saturated rings. The van der Waals surface area contributed by atoms with Crippen LogP contribution in [0.25, 0.3) is 10.9 Å². The number of fused-ring (bicyclic) bond motifs is 1. The number of amides is 3. The van der Waals surface area contributed by atoms with Gasteiger partial charge in [-0.1, -0.05) is 18.2 Å². The van der Waals surface area contributed by atoms with Crippen molar-refractivity contribution >= 4 is 40.6 Å². The maximum Gasteiger partial charge on any atom is 0.326 e. The van der Waals surface area contributed by atoms with Crippen molar-refractivity contribution in [3.8, 4) is 0 Å². The molecule has 0 aliphatic heterocycles. The SMILES string of the molecule is CC(NC(=O)C(N)CCC(=O)O)C(=O)NC(CO)C(=O)NC(Cc1c[nH]c2ccccc12)C(=O)O. The van der Waals surface area contributed by atoms with Crippen molar-refractivity contribution < 1.29 is 39.3 Å². The van der Waals surface area contributed by atoms with Gasteiger partial charge in [-0.25, -0.2) is 4.79 Å². The molecule has 13 heteroatoms. The molecule has 0 radical (unpaired) electrons. The van der Waals surface area contributed by atoms with E-state index in [4.69, 9.17) is 10.8 Å². The van der Waals surface area contributed by atoms with Gasteiger partial charge < -0.3 is 42.0 Å². The van der Waals surface area contributed by atoms with Crippen LogP contribution in [0, 0.1) is 0 Å². The Labute approximate surface area is 200 Å². The van der Waals surface area contributed by atoms with E-state index in [0.717, 1.165) is 10.9 Å². The van der Waals surface area contributed by atoms with Crippen LogP contribution < -0.4 is 21.7 Å². The Bertz CT molecular complexity index is 1080. The minimum absolute atomic E-state index is 0.0438. The summed E-state index contributed by atoms with van der Waals surface area (Å²) in [6.45, 7) is 0.482. The molecule has 0 aliphatic carbocycles. The highest BCUT2D eigenvalue weighted by molar-refractivity contribution is 5.94. The zero-order chi connectivity index (χ0) is 26.1. The summed E-state index contributed by atoms with van der Waals surface area (Å²) in [6, 6.07) is 2.11. The van der Waals surface area contributed by atoms with Crippen molar-refractivity contribution in [3.63, 3.8) is 0 Å². The number of nitrogens with two attached hydrogens (primary N) is 1. The molecule has 0 saturated carbocycles. The van der Waals surface area contributed by atoms with Gasteiger partial charge >= 0.3 is 11.9 Å². The molecular formula is C22H29N5O8. The number of aromatic amines is 1. The van der Waals surface area contributed by atoms with Crippen molar-refractivity contribution in [1.29, 1.82) is 0 Å². The average Bonchev–Trinajstić information content (AvgIpc) is 3.22. The first kappa shape index (κ1) is 27.3. The molecule has 2 aromatic rings. The predicted molar refractivity (Wildman–Crippen MR) is 123 cm³/mol. The number of hydrogen-bond donors (Lipinski definition) is 8. The van der Waals surface area contributed by atoms with Crippen LogP contribution >= 0.6 is 0 Å². The monoisotopic (exact) mass is 491 g/mol. The molecule has 0 saturated heterocycles. The zero-order valence-electron chi connectivity index (χ0n) is 19.0. The van der Waals surface area contributed by atoms with Gasteiger partial charge in [0.2, 0.25) is 17.7 Å². The lowest BCUT2D eigenvalue weighted by Crippen LogP contribution is -2.57. The third-order valence-corrected chi connectivity index (χ3v) is 5.29. The quantitative estimate of drug-likeness (QED) is 0.162. The van der Waals surface area contributed by atoms with E-state index in [-0.39, 0.29) is 19.3 Å². The van der Waals surface area contributed by atoms with E-state index in [0.29, 0.717) is 5.56 Å². The van der Waals surface area contributed by atoms with Crippen LogP contribution in [0.4, 0.5) is 0 Å². The Hall–Kier alpha value is -3.97. The van der Waals surface area contributed by atoms with Crippen LogP contribution in [0.15, 0.2) is 30.5 Å². The van der Waals surface area contributed by atoms with E-state index in [9.17, 15) is 34.2 Å². The largest absolute Gasteiger partial charge is 0.481 e. The highest BCUT2D eigenvalue weighted by Gasteiger charge is 2.29. The zero-order valence-corrected chi connectivity index (χ0v) is 19.0. The number of aromatic nitrogens is 1. The topological polar surface area (TPSA) is 224 Å².